The number of hydrogen-bond donors (Lipinski definition) is 1. The van der Waals surface area contributed by atoms with E-state index in [0.717, 1.165) is 19.3 Å². The van der Waals surface area contributed by atoms with E-state index in [4.69, 9.17) is 9.47 Å². The molecule has 4 heteroatoms. The zero-order chi connectivity index (χ0) is 36.3. The third kappa shape index (κ3) is 41.8. The third-order valence-corrected chi connectivity index (χ3v) is 10.7. The minimum atomic E-state index is -0.524. The fourth-order valence-corrected chi connectivity index (χ4v) is 7.21. The van der Waals surface area contributed by atoms with Gasteiger partial charge in [0.1, 0.15) is 6.10 Å². The molecule has 0 aliphatic rings. The summed E-state index contributed by atoms with van der Waals surface area (Å²) < 4.78 is 11.2. The Labute approximate surface area is 314 Å². The molecule has 0 spiro atoms. The molecule has 300 valence electrons. The molecule has 0 radical (unpaired) electrons. The molecule has 0 fully saturated rings. The number of aliphatic hydroxyl groups is 1. The normalized spacial score (nSPS) is 12.1. The van der Waals surface area contributed by atoms with Gasteiger partial charge in [0.2, 0.25) is 0 Å². The fraction of sp³-hybridized carbons (Fsp3) is 0.978. The summed E-state index contributed by atoms with van der Waals surface area (Å²) in [4.78, 5) is 12.2. The Morgan fingerprint density at radius 1 is 0.400 bits per heavy atom. The van der Waals surface area contributed by atoms with E-state index < -0.39 is 6.10 Å². The zero-order valence-electron chi connectivity index (χ0n) is 34.4. The van der Waals surface area contributed by atoms with Crippen molar-refractivity contribution < 1.29 is 19.4 Å². The number of esters is 1. The van der Waals surface area contributed by atoms with Crippen molar-refractivity contribution in [2.75, 3.05) is 19.8 Å². The van der Waals surface area contributed by atoms with E-state index in [-0.39, 0.29) is 12.6 Å². The lowest BCUT2D eigenvalue weighted by Gasteiger charge is -2.16. The van der Waals surface area contributed by atoms with Crippen molar-refractivity contribution in [2.24, 2.45) is 0 Å². The minimum absolute atomic E-state index is 0.163. The summed E-state index contributed by atoms with van der Waals surface area (Å²) in [6.45, 7) is 5.41. The molecule has 0 saturated carbocycles. The molecule has 0 bridgehead atoms. The smallest absolute Gasteiger partial charge is 0.306 e. The molecule has 0 amide bonds. The second kappa shape index (κ2) is 44.6. The predicted molar refractivity (Wildman–Crippen MR) is 219 cm³/mol. The van der Waals surface area contributed by atoms with Crippen molar-refractivity contribution in [3.8, 4) is 0 Å². The van der Waals surface area contributed by atoms with Crippen molar-refractivity contribution >= 4 is 5.97 Å². The highest BCUT2D eigenvalue weighted by molar-refractivity contribution is 5.69. The highest BCUT2D eigenvalue weighted by Gasteiger charge is 2.13. The summed E-state index contributed by atoms with van der Waals surface area (Å²) in [5.74, 6) is -0.192. The topological polar surface area (TPSA) is 55.8 Å². The molecule has 0 rings (SSSR count). The molecule has 50 heavy (non-hydrogen) atoms. The van der Waals surface area contributed by atoms with Crippen molar-refractivity contribution in [3.63, 3.8) is 0 Å². The fourth-order valence-electron chi connectivity index (χ4n) is 7.21. The molecule has 1 unspecified atom stereocenters. The number of unbranched alkanes of at least 4 members (excludes halogenated alkanes) is 36. The van der Waals surface area contributed by atoms with Crippen LogP contribution in [-0.4, -0.2) is 37.0 Å². The lowest BCUT2D eigenvalue weighted by atomic mass is 10.0. The maximum atomic E-state index is 12.2. The van der Waals surface area contributed by atoms with Crippen LogP contribution in [0.4, 0.5) is 0 Å². The van der Waals surface area contributed by atoms with Crippen LogP contribution in [-0.2, 0) is 14.3 Å². The van der Waals surface area contributed by atoms with Crippen molar-refractivity contribution in [3.05, 3.63) is 0 Å². The molecular weight excluding hydrogens is 617 g/mol. The maximum absolute atomic E-state index is 12.2. The monoisotopic (exact) mass is 709 g/mol. The highest BCUT2D eigenvalue weighted by Crippen LogP contribution is 2.17. The second-order valence-electron chi connectivity index (χ2n) is 15.8. The molecule has 0 aliphatic heterocycles. The van der Waals surface area contributed by atoms with Gasteiger partial charge in [0.15, 0.2) is 0 Å². The quantitative estimate of drug-likeness (QED) is 0.0506. The van der Waals surface area contributed by atoms with E-state index >= 15 is 0 Å². The number of rotatable bonds is 44. The first-order valence-electron chi connectivity index (χ1n) is 23.1. The van der Waals surface area contributed by atoms with Gasteiger partial charge >= 0.3 is 5.97 Å². The van der Waals surface area contributed by atoms with Gasteiger partial charge in [-0.15, -0.1) is 0 Å². The van der Waals surface area contributed by atoms with Crippen LogP contribution in [0.15, 0.2) is 0 Å². The third-order valence-electron chi connectivity index (χ3n) is 10.7. The first-order valence-corrected chi connectivity index (χ1v) is 23.1. The Hall–Kier alpha value is -0.610. The van der Waals surface area contributed by atoms with Crippen LogP contribution in [0.1, 0.15) is 264 Å². The van der Waals surface area contributed by atoms with Gasteiger partial charge in [-0.25, -0.2) is 0 Å². The first kappa shape index (κ1) is 49.4. The molecule has 0 heterocycles. The van der Waals surface area contributed by atoms with Gasteiger partial charge in [0.25, 0.3) is 0 Å². The number of carbonyl (C=O) groups excluding carboxylic acids is 1. The van der Waals surface area contributed by atoms with Gasteiger partial charge < -0.3 is 14.6 Å². The SMILES string of the molecule is CCCCCCCCCCCCCCCCCCCCCCCCCCCC(=O)OC(CO)COCCCCCCCCCCCCCCC. The molecule has 0 saturated heterocycles. The van der Waals surface area contributed by atoms with E-state index in [1.165, 1.54) is 225 Å². The predicted octanol–water partition coefficient (Wildman–Crippen LogP) is 15.2. The maximum Gasteiger partial charge on any atom is 0.306 e. The van der Waals surface area contributed by atoms with Crippen LogP contribution in [0.25, 0.3) is 0 Å². The van der Waals surface area contributed by atoms with Crippen LogP contribution >= 0.6 is 0 Å². The van der Waals surface area contributed by atoms with E-state index in [0.29, 0.717) is 19.6 Å². The summed E-state index contributed by atoms with van der Waals surface area (Å²) >= 11 is 0. The van der Waals surface area contributed by atoms with Gasteiger partial charge in [-0.05, 0) is 12.8 Å². The van der Waals surface area contributed by atoms with E-state index in [1.807, 2.05) is 0 Å². The van der Waals surface area contributed by atoms with Gasteiger partial charge in [-0.2, -0.15) is 0 Å². The second-order valence-corrected chi connectivity index (χ2v) is 15.8. The largest absolute Gasteiger partial charge is 0.457 e. The lowest BCUT2D eigenvalue weighted by molar-refractivity contribution is -0.154. The van der Waals surface area contributed by atoms with E-state index in [2.05, 4.69) is 13.8 Å². The summed E-state index contributed by atoms with van der Waals surface area (Å²) in [6.07, 6.45) is 51.8. The molecule has 1 atom stereocenters. The molecule has 0 aromatic rings. The Bertz CT molecular complexity index is 623. The van der Waals surface area contributed by atoms with Crippen LogP contribution in [0.3, 0.4) is 0 Å². The highest BCUT2D eigenvalue weighted by atomic mass is 16.6. The summed E-state index contributed by atoms with van der Waals surface area (Å²) in [5.41, 5.74) is 0. The minimum Gasteiger partial charge on any atom is -0.457 e. The Morgan fingerprint density at radius 2 is 0.660 bits per heavy atom. The van der Waals surface area contributed by atoms with Crippen LogP contribution in [0.2, 0.25) is 0 Å². The Balaban J connectivity index is 3.32. The molecule has 4 nitrogen and oxygen atoms in total. The van der Waals surface area contributed by atoms with Crippen LogP contribution < -0.4 is 0 Å². The van der Waals surface area contributed by atoms with Crippen molar-refractivity contribution in [1.29, 1.82) is 0 Å². The summed E-state index contributed by atoms with van der Waals surface area (Å²) in [5, 5.41) is 9.60. The number of aliphatic hydroxyl groups excluding tert-OH is 1. The van der Waals surface area contributed by atoms with E-state index in [9.17, 15) is 9.90 Å². The van der Waals surface area contributed by atoms with Crippen molar-refractivity contribution in [2.45, 2.75) is 270 Å². The number of ether oxygens (including phenoxy) is 2. The van der Waals surface area contributed by atoms with Crippen LogP contribution in [0, 0.1) is 0 Å². The van der Waals surface area contributed by atoms with Gasteiger partial charge in [0, 0.05) is 13.0 Å². The lowest BCUT2D eigenvalue weighted by Crippen LogP contribution is -2.27. The average molecular weight is 709 g/mol. The molecular formula is C46H92O4. The molecule has 0 aromatic carbocycles. The summed E-state index contributed by atoms with van der Waals surface area (Å²) in [7, 11) is 0. The average Bonchev–Trinajstić information content (AvgIpc) is 3.12. The molecule has 0 aliphatic carbocycles. The van der Waals surface area contributed by atoms with Crippen LogP contribution in [0.5, 0.6) is 0 Å². The number of hydrogen-bond acceptors (Lipinski definition) is 4. The van der Waals surface area contributed by atoms with Gasteiger partial charge in [-0.1, -0.05) is 245 Å². The zero-order valence-corrected chi connectivity index (χ0v) is 34.4. The molecule has 0 aromatic heterocycles. The summed E-state index contributed by atoms with van der Waals surface area (Å²) in [6, 6.07) is 0. The first-order chi connectivity index (χ1) is 24.7. The Kier molecular flexibility index (Phi) is 44.0. The molecule has 1 N–H and O–H groups in total. The van der Waals surface area contributed by atoms with Gasteiger partial charge in [0.05, 0.1) is 13.2 Å². The standard InChI is InChI=1S/C46H92O4/c1-3-5-7-9-11-13-15-17-18-19-20-21-22-23-24-25-26-27-28-29-31-33-35-37-39-41-46(48)50-45(43-47)44-49-42-40-38-36-34-32-30-16-14-12-10-8-6-4-2/h45,47H,3-44H2,1-2H3. The van der Waals surface area contributed by atoms with E-state index in [1.54, 1.807) is 0 Å². The Morgan fingerprint density at radius 3 is 0.940 bits per heavy atom. The van der Waals surface area contributed by atoms with Crippen molar-refractivity contribution in [1.82, 2.24) is 0 Å². The number of carbonyl (C=O) groups is 1. The van der Waals surface area contributed by atoms with Gasteiger partial charge in [-0.3, -0.25) is 4.79 Å².